The van der Waals surface area contributed by atoms with Crippen molar-refractivity contribution in [3.8, 4) is 5.69 Å². The highest BCUT2D eigenvalue weighted by molar-refractivity contribution is 6.01. The maximum Gasteiger partial charge on any atom is 0.337 e. The molecule has 20 heavy (non-hydrogen) atoms. The van der Waals surface area contributed by atoms with E-state index in [2.05, 4.69) is 17.2 Å². The molecule has 0 aliphatic heterocycles. The van der Waals surface area contributed by atoms with Crippen molar-refractivity contribution in [3.63, 3.8) is 0 Å². The number of aryl methyl sites for hydroxylation is 1. The quantitative estimate of drug-likeness (QED) is 0.792. The number of nitrogens with zero attached hydrogens (tertiary/aromatic N) is 3. The van der Waals surface area contributed by atoms with Gasteiger partial charge in [-0.05, 0) is 36.2 Å². The predicted octanol–water partition coefficient (Wildman–Crippen LogP) is 2.68. The Morgan fingerprint density at radius 3 is 2.60 bits per heavy atom. The molecule has 0 radical (unpaired) electrons. The van der Waals surface area contributed by atoms with Gasteiger partial charge in [0.2, 0.25) is 0 Å². The lowest BCUT2D eigenvalue weighted by Crippen LogP contribution is -2.03. The summed E-state index contributed by atoms with van der Waals surface area (Å²) in [4.78, 5) is 11.3. The van der Waals surface area contributed by atoms with Crippen molar-refractivity contribution >= 4 is 17.0 Å². The molecule has 3 rings (SSSR count). The summed E-state index contributed by atoms with van der Waals surface area (Å²) in [6, 6.07) is 12.8. The summed E-state index contributed by atoms with van der Waals surface area (Å²) in [5, 5.41) is 17.4. The van der Waals surface area contributed by atoms with Crippen LogP contribution in [0.25, 0.3) is 16.7 Å². The third-order valence-electron chi connectivity index (χ3n) is 3.29. The zero-order valence-corrected chi connectivity index (χ0v) is 10.9. The molecular formula is C15H13N3O2. The van der Waals surface area contributed by atoms with Crippen molar-refractivity contribution < 1.29 is 9.90 Å². The SMILES string of the molecule is CCc1ccc(-n2nnc3cccc(C(=O)O)c32)cc1. The number of aromatic carboxylic acids is 1. The second kappa shape index (κ2) is 4.77. The molecule has 5 heteroatoms. The van der Waals surface area contributed by atoms with Gasteiger partial charge >= 0.3 is 5.97 Å². The normalized spacial score (nSPS) is 10.8. The predicted molar refractivity (Wildman–Crippen MR) is 75.2 cm³/mol. The van der Waals surface area contributed by atoms with E-state index in [1.807, 2.05) is 24.3 Å². The number of rotatable bonds is 3. The molecule has 1 aromatic heterocycles. The molecule has 0 saturated carbocycles. The third-order valence-corrected chi connectivity index (χ3v) is 3.29. The average Bonchev–Trinajstić information content (AvgIpc) is 2.91. The third kappa shape index (κ3) is 1.93. The number of hydrogen-bond acceptors (Lipinski definition) is 3. The molecule has 0 aliphatic carbocycles. The van der Waals surface area contributed by atoms with Crippen LogP contribution >= 0.6 is 0 Å². The molecule has 0 aliphatic rings. The summed E-state index contributed by atoms with van der Waals surface area (Å²) in [7, 11) is 0. The van der Waals surface area contributed by atoms with Crippen LogP contribution in [0.1, 0.15) is 22.8 Å². The van der Waals surface area contributed by atoms with Crippen molar-refractivity contribution in [2.75, 3.05) is 0 Å². The molecule has 0 saturated heterocycles. The molecule has 100 valence electrons. The smallest absolute Gasteiger partial charge is 0.337 e. The van der Waals surface area contributed by atoms with Gasteiger partial charge in [0.25, 0.3) is 0 Å². The summed E-state index contributed by atoms with van der Waals surface area (Å²) < 4.78 is 1.57. The van der Waals surface area contributed by atoms with E-state index in [9.17, 15) is 9.90 Å². The molecule has 0 bridgehead atoms. The number of fused-ring (bicyclic) bond motifs is 1. The highest BCUT2D eigenvalue weighted by atomic mass is 16.4. The molecule has 0 atom stereocenters. The van der Waals surface area contributed by atoms with Gasteiger partial charge in [0.1, 0.15) is 11.0 Å². The minimum absolute atomic E-state index is 0.201. The maximum atomic E-state index is 11.3. The first kappa shape index (κ1) is 12.3. The van der Waals surface area contributed by atoms with Gasteiger partial charge in [-0.2, -0.15) is 0 Å². The first-order chi connectivity index (χ1) is 9.70. The van der Waals surface area contributed by atoms with Gasteiger partial charge in [-0.3, -0.25) is 0 Å². The van der Waals surface area contributed by atoms with E-state index in [1.165, 1.54) is 5.56 Å². The zero-order valence-electron chi connectivity index (χ0n) is 10.9. The fourth-order valence-electron chi connectivity index (χ4n) is 2.20. The summed E-state index contributed by atoms with van der Waals surface area (Å²) in [5.74, 6) is -0.982. The van der Waals surface area contributed by atoms with E-state index < -0.39 is 5.97 Å². The Morgan fingerprint density at radius 1 is 1.20 bits per heavy atom. The van der Waals surface area contributed by atoms with Gasteiger partial charge in [0.15, 0.2) is 0 Å². The van der Waals surface area contributed by atoms with Crippen LogP contribution in [-0.4, -0.2) is 26.1 Å². The Hall–Kier alpha value is -2.69. The van der Waals surface area contributed by atoms with Crippen LogP contribution in [0, 0.1) is 0 Å². The first-order valence-corrected chi connectivity index (χ1v) is 6.37. The zero-order chi connectivity index (χ0) is 14.1. The van der Waals surface area contributed by atoms with Crippen LogP contribution in [0.4, 0.5) is 0 Å². The van der Waals surface area contributed by atoms with Crippen molar-refractivity contribution in [3.05, 3.63) is 53.6 Å². The summed E-state index contributed by atoms with van der Waals surface area (Å²) in [6.07, 6.45) is 0.957. The maximum absolute atomic E-state index is 11.3. The van der Waals surface area contributed by atoms with Crippen LogP contribution in [0.5, 0.6) is 0 Å². The molecule has 2 aromatic carbocycles. The second-order valence-electron chi connectivity index (χ2n) is 4.50. The molecule has 5 nitrogen and oxygen atoms in total. The van der Waals surface area contributed by atoms with Gasteiger partial charge in [-0.15, -0.1) is 5.10 Å². The Bertz CT molecular complexity index is 775. The average molecular weight is 267 g/mol. The largest absolute Gasteiger partial charge is 0.478 e. The topological polar surface area (TPSA) is 68.0 Å². The number of hydrogen-bond donors (Lipinski definition) is 1. The number of carbonyl (C=O) groups is 1. The highest BCUT2D eigenvalue weighted by Crippen LogP contribution is 2.20. The van der Waals surface area contributed by atoms with Crippen LogP contribution in [0.15, 0.2) is 42.5 Å². The molecule has 0 amide bonds. The number of carboxylic acids is 1. The molecular weight excluding hydrogens is 254 g/mol. The molecule has 1 heterocycles. The summed E-state index contributed by atoms with van der Waals surface area (Å²) in [5.41, 5.74) is 3.32. The van der Waals surface area contributed by atoms with Crippen molar-refractivity contribution in [2.45, 2.75) is 13.3 Å². The standard InChI is InChI=1S/C15H13N3O2/c1-2-10-6-8-11(9-7-10)18-14-12(15(19)20)4-3-5-13(14)16-17-18/h3-9H,2H2,1H3,(H,19,20). The minimum atomic E-state index is -0.982. The van der Waals surface area contributed by atoms with E-state index in [0.29, 0.717) is 11.0 Å². The molecule has 3 aromatic rings. The summed E-state index contributed by atoms with van der Waals surface area (Å²) in [6.45, 7) is 2.09. The first-order valence-electron chi connectivity index (χ1n) is 6.37. The molecule has 0 spiro atoms. The van der Waals surface area contributed by atoms with Crippen LogP contribution in [0.2, 0.25) is 0 Å². The Kier molecular flexibility index (Phi) is 2.95. The van der Waals surface area contributed by atoms with Crippen molar-refractivity contribution in [2.24, 2.45) is 0 Å². The highest BCUT2D eigenvalue weighted by Gasteiger charge is 2.15. The lowest BCUT2D eigenvalue weighted by molar-refractivity contribution is 0.0698. The van der Waals surface area contributed by atoms with E-state index in [4.69, 9.17) is 0 Å². The van der Waals surface area contributed by atoms with Gasteiger partial charge in [-0.1, -0.05) is 30.3 Å². The van der Waals surface area contributed by atoms with Crippen molar-refractivity contribution in [1.29, 1.82) is 0 Å². The van der Waals surface area contributed by atoms with Crippen LogP contribution in [0.3, 0.4) is 0 Å². The Balaban J connectivity index is 2.22. The lowest BCUT2D eigenvalue weighted by Gasteiger charge is -2.05. The molecule has 1 N–H and O–H groups in total. The number of benzene rings is 2. The van der Waals surface area contributed by atoms with Gasteiger partial charge < -0.3 is 5.11 Å². The van der Waals surface area contributed by atoms with Crippen LogP contribution in [-0.2, 0) is 6.42 Å². The Morgan fingerprint density at radius 2 is 1.95 bits per heavy atom. The minimum Gasteiger partial charge on any atom is -0.478 e. The fraction of sp³-hybridized carbons (Fsp3) is 0.133. The number of carboxylic acid groups (broad SMARTS) is 1. The van der Waals surface area contributed by atoms with Crippen LogP contribution < -0.4 is 0 Å². The van der Waals surface area contributed by atoms with Gasteiger partial charge in [-0.25, -0.2) is 9.48 Å². The number of para-hydroxylation sites is 1. The second-order valence-corrected chi connectivity index (χ2v) is 4.50. The van der Waals surface area contributed by atoms with Crippen molar-refractivity contribution in [1.82, 2.24) is 15.0 Å². The van der Waals surface area contributed by atoms with Gasteiger partial charge in [0, 0.05) is 0 Å². The van der Waals surface area contributed by atoms with E-state index >= 15 is 0 Å². The van der Waals surface area contributed by atoms with Gasteiger partial charge in [0.05, 0.1) is 11.3 Å². The lowest BCUT2D eigenvalue weighted by atomic mass is 10.1. The molecule has 0 fully saturated rings. The van der Waals surface area contributed by atoms with E-state index in [-0.39, 0.29) is 5.56 Å². The molecule has 0 unspecified atom stereocenters. The summed E-state index contributed by atoms with van der Waals surface area (Å²) >= 11 is 0. The van der Waals surface area contributed by atoms with E-state index in [0.717, 1.165) is 12.1 Å². The van der Waals surface area contributed by atoms with E-state index in [1.54, 1.807) is 22.9 Å². The fourth-order valence-corrected chi connectivity index (χ4v) is 2.20. The number of aromatic nitrogens is 3. The monoisotopic (exact) mass is 267 g/mol. The Labute approximate surface area is 115 Å².